The molecule has 1 aromatic heterocycles. The lowest BCUT2D eigenvalue weighted by Gasteiger charge is -2.17. The van der Waals surface area contributed by atoms with Crippen molar-refractivity contribution in [2.24, 2.45) is 5.92 Å². The van der Waals surface area contributed by atoms with E-state index in [1.165, 1.54) is 37.7 Å². The van der Waals surface area contributed by atoms with E-state index in [0.29, 0.717) is 0 Å². The van der Waals surface area contributed by atoms with E-state index in [9.17, 15) is 0 Å². The van der Waals surface area contributed by atoms with Gasteiger partial charge in [0, 0.05) is 12.4 Å². The summed E-state index contributed by atoms with van der Waals surface area (Å²) in [4.78, 5) is 4.01. The Morgan fingerprint density at radius 1 is 1.07 bits per heavy atom. The van der Waals surface area contributed by atoms with Crippen LogP contribution in [0.4, 0.5) is 0 Å². The molecule has 1 aliphatic carbocycles. The van der Waals surface area contributed by atoms with Gasteiger partial charge >= 0.3 is 0 Å². The van der Waals surface area contributed by atoms with Crippen molar-refractivity contribution in [3.05, 3.63) is 36.2 Å². The predicted octanol–water partition coefficient (Wildman–Crippen LogP) is 3.68. The molecule has 0 bridgehead atoms. The normalized spacial score (nSPS) is 18.9. The van der Waals surface area contributed by atoms with Crippen molar-refractivity contribution >= 4 is 6.08 Å². The van der Waals surface area contributed by atoms with Crippen LogP contribution < -0.4 is 0 Å². The lowest BCUT2D eigenvalue weighted by atomic mass is 9.89. The molecular formula is C13H17N. The monoisotopic (exact) mass is 187 g/mol. The molecule has 74 valence electrons. The van der Waals surface area contributed by atoms with Crippen LogP contribution in [0.2, 0.25) is 0 Å². The van der Waals surface area contributed by atoms with Crippen LogP contribution in [0.15, 0.2) is 30.6 Å². The van der Waals surface area contributed by atoms with E-state index >= 15 is 0 Å². The second-order valence-corrected chi connectivity index (χ2v) is 4.04. The number of allylic oxidation sites excluding steroid dienone is 1. The van der Waals surface area contributed by atoms with Crippen LogP contribution in [0.1, 0.15) is 37.7 Å². The van der Waals surface area contributed by atoms with Gasteiger partial charge in [-0.2, -0.15) is 0 Å². The van der Waals surface area contributed by atoms with Gasteiger partial charge in [0.05, 0.1) is 0 Å². The second-order valence-electron chi connectivity index (χ2n) is 4.04. The molecule has 1 aromatic rings. The van der Waals surface area contributed by atoms with Crippen molar-refractivity contribution in [3.8, 4) is 0 Å². The summed E-state index contributed by atoms with van der Waals surface area (Å²) in [7, 11) is 0. The average molecular weight is 187 g/mol. The van der Waals surface area contributed by atoms with Crippen molar-refractivity contribution in [2.45, 2.75) is 32.1 Å². The molecule has 2 rings (SSSR count). The summed E-state index contributed by atoms with van der Waals surface area (Å²) < 4.78 is 0. The fourth-order valence-corrected chi connectivity index (χ4v) is 2.05. The predicted molar refractivity (Wildman–Crippen MR) is 59.8 cm³/mol. The topological polar surface area (TPSA) is 12.9 Å². The summed E-state index contributed by atoms with van der Waals surface area (Å²) in [6.07, 6.45) is 15.3. The highest BCUT2D eigenvalue weighted by Gasteiger charge is 2.09. The summed E-state index contributed by atoms with van der Waals surface area (Å²) in [5, 5.41) is 0. The maximum absolute atomic E-state index is 4.01. The molecule has 1 aliphatic rings. The first-order valence-electron chi connectivity index (χ1n) is 5.53. The Labute approximate surface area is 85.9 Å². The van der Waals surface area contributed by atoms with Crippen molar-refractivity contribution in [1.82, 2.24) is 4.98 Å². The number of pyridine rings is 1. The van der Waals surface area contributed by atoms with Gasteiger partial charge < -0.3 is 0 Å². The van der Waals surface area contributed by atoms with E-state index < -0.39 is 0 Å². The number of hydrogen-bond acceptors (Lipinski definition) is 1. The summed E-state index contributed by atoms with van der Waals surface area (Å²) in [5.74, 6) is 0.817. The summed E-state index contributed by atoms with van der Waals surface area (Å²) in [6.45, 7) is 0. The highest BCUT2D eigenvalue weighted by atomic mass is 14.6. The highest BCUT2D eigenvalue weighted by Crippen LogP contribution is 2.25. The molecule has 0 aromatic carbocycles. The fraction of sp³-hybridized carbons (Fsp3) is 0.462. The SMILES string of the molecule is C(=C\C1CCCCC1)/c1ccncc1. The van der Waals surface area contributed by atoms with E-state index in [-0.39, 0.29) is 0 Å². The van der Waals surface area contributed by atoms with Gasteiger partial charge in [-0.05, 0) is 36.5 Å². The van der Waals surface area contributed by atoms with Crippen molar-refractivity contribution < 1.29 is 0 Å². The Morgan fingerprint density at radius 3 is 2.50 bits per heavy atom. The van der Waals surface area contributed by atoms with Gasteiger partial charge in [0.15, 0.2) is 0 Å². The molecule has 1 saturated carbocycles. The molecule has 14 heavy (non-hydrogen) atoms. The minimum atomic E-state index is 0.817. The molecule has 1 nitrogen and oxygen atoms in total. The van der Waals surface area contributed by atoms with E-state index in [4.69, 9.17) is 0 Å². The van der Waals surface area contributed by atoms with E-state index in [1.54, 1.807) is 0 Å². The van der Waals surface area contributed by atoms with Gasteiger partial charge in [-0.1, -0.05) is 31.4 Å². The Balaban J connectivity index is 1.93. The van der Waals surface area contributed by atoms with E-state index in [0.717, 1.165) is 5.92 Å². The van der Waals surface area contributed by atoms with Gasteiger partial charge in [-0.15, -0.1) is 0 Å². The molecule has 0 radical (unpaired) electrons. The van der Waals surface area contributed by atoms with Crippen LogP contribution in [0, 0.1) is 5.92 Å². The standard InChI is InChI=1S/C13H17N/c1-2-4-12(5-3-1)6-7-13-8-10-14-11-9-13/h6-12H,1-5H2/b7-6+. The van der Waals surface area contributed by atoms with Crippen LogP contribution in [-0.2, 0) is 0 Å². The minimum absolute atomic E-state index is 0.817. The third kappa shape index (κ3) is 2.69. The lowest BCUT2D eigenvalue weighted by Crippen LogP contribution is -2.02. The minimum Gasteiger partial charge on any atom is -0.265 e. The quantitative estimate of drug-likeness (QED) is 0.688. The molecule has 0 unspecified atom stereocenters. The smallest absolute Gasteiger partial charge is 0.0273 e. The van der Waals surface area contributed by atoms with Crippen LogP contribution >= 0.6 is 0 Å². The maximum atomic E-state index is 4.01. The maximum Gasteiger partial charge on any atom is 0.0273 e. The van der Waals surface area contributed by atoms with Crippen molar-refractivity contribution in [1.29, 1.82) is 0 Å². The van der Waals surface area contributed by atoms with Crippen LogP contribution in [-0.4, -0.2) is 4.98 Å². The third-order valence-corrected chi connectivity index (χ3v) is 2.92. The van der Waals surface area contributed by atoms with E-state index in [1.807, 2.05) is 12.4 Å². The zero-order valence-electron chi connectivity index (χ0n) is 8.52. The largest absolute Gasteiger partial charge is 0.265 e. The molecule has 0 aliphatic heterocycles. The molecule has 1 fully saturated rings. The van der Waals surface area contributed by atoms with Gasteiger partial charge in [0.25, 0.3) is 0 Å². The molecular weight excluding hydrogens is 170 g/mol. The molecule has 0 N–H and O–H groups in total. The molecule has 0 amide bonds. The van der Waals surface area contributed by atoms with Crippen LogP contribution in [0.25, 0.3) is 6.08 Å². The van der Waals surface area contributed by atoms with Crippen LogP contribution in [0.5, 0.6) is 0 Å². The first-order chi connectivity index (χ1) is 6.95. The Kier molecular flexibility index (Phi) is 3.33. The first-order valence-corrected chi connectivity index (χ1v) is 5.53. The van der Waals surface area contributed by atoms with Gasteiger partial charge in [0.2, 0.25) is 0 Å². The number of rotatable bonds is 2. The highest BCUT2D eigenvalue weighted by molar-refractivity contribution is 5.48. The Bertz CT molecular complexity index is 283. The Hall–Kier alpha value is -1.11. The first kappa shape index (κ1) is 9.45. The molecule has 0 saturated heterocycles. The molecule has 1 heterocycles. The zero-order chi connectivity index (χ0) is 9.64. The molecule has 0 atom stereocenters. The summed E-state index contributed by atoms with van der Waals surface area (Å²) >= 11 is 0. The summed E-state index contributed by atoms with van der Waals surface area (Å²) in [5.41, 5.74) is 1.27. The van der Waals surface area contributed by atoms with Crippen LogP contribution in [0.3, 0.4) is 0 Å². The molecule has 1 heteroatoms. The zero-order valence-corrected chi connectivity index (χ0v) is 8.52. The number of aromatic nitrogens is 1. The summed E-state index contributed by atoms with van der Waals surface area (Å²) in [6, 6.07) is 4.11. The molecule has 0 spiro atoms. The average Bonchev–Trinajstić information content (AvgIpc) is 2.29. The fourth-order valence-electron chi connectivity index (χ4n) is 2.05. The number of nitrogens with zero attached hydrogens (tertiary/aromatic N) is 1. The number of hydrogen-bond donors (Lipinski definition) is 0. The van der Waals surface area contributed by atoms with Gasteiger partial charge in [-0.25, -0.2) is 0 Å². The van der Waals surface area contributed by atoms with Gasteiger partial charge in [-0.3, -0.25) is 4.98 Å². The Morgan fingerprint density at radius 2 is 1.79 bits per heavy atom. The van der Waals surface area contributed by atoms with E-state index in [2.05, 4.69) is 29.3 Å². The third-order valence-electron chi connectivity index (χ3n) is 2.92. The second kappa shape index (κ2) is 4.94. The van der Waals surface area contributed by atoms with Crippen molar-refractivity contribution in [3.63, 3.8) is 0 Å². The van der Waals surface area contributed by atoms with Crippen molar-refractivity contribution in [2.75, 3.05) is 0 Å². The van der Waals surface area contributed by atoms with Gasteiger partial charge in [0.1, 0.15) is 0 Å². The lowest BCUT2D eigenvalue weighted by molar-refractivity contribution is 0.420.